The lowest BCUT2D eigenvalue weighted by molar-refractivity contribution is -0.141. The molecule has 198 valence electrons. The first-order valence-electron chi connectivity index (χ1n) is 12.0. The number of ketones is 1. The zero-order chi connectivity index (χ0) is 27.4. The Labute approximate surface area is 217 Å². The largest absolute Gasteiger partial charge is 0.478 e. The molecule has 1 aromatic carbocycles. The number of benzene rings is 1. The van der Waals surface area contributed by atoms with Gasteiger partial charge >= 0.3 is 6.18 Å². The zero-order valence-corrected chi connectivity index (χ0v) is 21.4. The SMILES string of the molecule is CCOc1cc(C(=O)Cc2ccc(C)c(Cc3cc(C)nn3-c3cc(NC)ncn3)c2)cc(C(F)(F)F)n1. The van der Waals surface area contributed by atoms with E-state index in [9.17, 15) is 18.0 Å². The molecule has 11 heteroatoms. The number of halogens is 3. The third-order valence-corrected chi connectivity index (χ3v) is 5.89. The Hall–Kier alpha value is -4.28. The van der Waals surface area contributed by atoms with Gasteiger partial charge in [-0.05, 0) is 49.6 Å². The third kappa shape index (κ3) is 6.16. The summed E-state index contributed by atoms with van der Waals surface area (Å²) in [5.74, 6) is 0.572. The number of Topliss-reactive ketones (excluding diaryl/α,β-unsaturated/α-hetero) is 1. The Morgan fingerprint density at radius 1 is 1.08 bits per heavy atom. The van der Waals surface area contributed by atoms with Gasteiger partial charge in [0.05, 0.1) is 18.0 Å². The van der Waals surface area contributed by atoms with Crippen molar-refractivity contribution in [3.8, 4) is 11.7 Å². The fourth-order valence-corrected chi connectivity index (χ4v) is 4.02. The van der Waals surface area contributed by atoms with Gasteiger partial charge in [-0.25, -0.2) is 19.6 Å². The van der Waals surface area contributed by atoms with Crippen LogP contribution in [-0.4, -0.2) is 44.2 Å². The Morgan fingerprint density at radius 2 is 1.87 bits per heavy atom. The lowest BCUT2D eigenvalue weighted by atomic mass is 9.96. The number of rotatable bonds is 9. The summed E-state index contributed by atoms with van der Waals surface area (Å²) >= 11 is 0. The zero-order valence-electron chi connectivity index (χ0n) is 21.4. The summed E-state index contributed by atoms with van der Waals surface area (Å²) < 4.78 is 46.9. The molecule has 0 saturated carbocycles. The molecule has 0 atom stereocenters. The van der Waals surface area contributed by atoms with E-state index in [1.165, 1.54) is 12.4 Å². The summed E-state index contributed by atoms with van der Waals surface area (Å²) in [7, 11) is 1.77. The maximum Gasteiger partial charge on any atom is 0.433 e. The molecule has 0 spiro atoms. The first-order chi connectivity index (χ1) is 18.1. The summed E-state index contributed by atoms with van der Waals surface area (Å²) in [4.78, 5) is 25.0. The Morgan fingerprint density at radius 3 is 2.58 bits per heavy atom. The van der Waals surface area contributed by atoms with Crippen molar-refractivity contribution in [3.63, 3.8) is 0 Å². The molecule has 4 aromatic rings. The fourth-order valence-electron chi connectivity index (χ4n) is 4.02. The van der Waals surface area contributed by atoms with Crippen molar-refractivity contribution in [2.75, 3.05) is 19.0 Å². The second-order valence-corrected chi connectivity index (χ2v) is 8.75. The first-order valence-corrected chi connectivity index (χ1v) is 12.0. The van der Waals surface area contributed by atoms with E-state index in [-0.39, 0.29) is 24.5 Å². The number of hydrogen-bond acceptors (Lipinski definition) is 7. The smallest absolute Gasteiger partial charge is 0.433 e. The van der Waals surface area contributed by atoms with Gasteiger partial charge in [-0.15, -0.1) is 0 Å². The van der Waals surface area contributed by atoms with E-state index < -0.39 is 17.7 Å². The standard InChI is InChI=1S/C27H27F3N6O2/c1-5-38-26-13-20(12-23(34-26)27(28,29)30)22(37)10-18-7-6-16(2)19(9-18)11-21-8-17(3)35-36(21)25-14-24(31-4)32-15-33-25/h6-9,12-15H,5,10-11H2,1-4H3,(H,31,32,33). The predicted molar refractivity (Wildman–Crippen MR) is 136 cm³/mol. The van der Waals surface area contributed by atoms with Crippen LogP contribution in [0.5, 0.6) is 5.88 Å². The molecule has 0 radical (unpaired) electrons. The molecule has 0 aliphatic carbocycles. The van der Waals surface area contributed by atoms with Crippen LogP contribution in [0.4, 0.5) is 19.0 Å². The third-order valence-electron chi connectivity index (χ3n) is 5.89. The second kappa shape index (κ2) is 11.0. The molecule has 0 unspecified atom stereocenters. The van der Waals surface area contributed by atoms with E-state index >= 15 is 0 Å². The van der Waals surface area contributed by atoms with E-state index in [0.29, 0.717) is 23.6 Å². The minimum absolute atomic E-state index is 0.0735. The van der Waals surface area contributed by atoms with Gasteiger partial charge in [0.1, 0.15) is 17.8 Å². The average Bonchev–Trinajstić information content (AvgIpc) is 3.25. The minimum atomic E-state index is -4.70. The fraction of sp³-hybridized carbons (Fsp3) is 0.296. The highest BCUT2D eigenvalue weighted by atomic mass is 19.4. The van der Waals surface area contributed by atoms with Gasteiger partial charge in [-0.2, -0.15) is 18.3 Å². The first kappa shape index (κ1) is 26.8. The molecule has 8 nitrogen and oxygen atoms in total. The second-order valence-electron chi connectivity index (χ2n) is 8.75. The van der Waals surface area contributed by atoms with Gasteiger partial charge in [-0.1, -0.05) is 18.2 Å². The molecular weight excluding hydrogens is 497 g/mol. The minimum Gasteiger partial charge on any atom is -0.478 e. The van der Waals surface area contributed by atoms with Crippen LogP contribution in [0.3, 0.4) is 0 Å². The van der Waals surface area contributed by atoms with Crippen LogP contribution in [0.2, 0.25) is 0 Å². The number of alkyl halides is 3. The van der Waals surface area contributed by atoms with Gasteiger partial charge in [-0.3, -0.25) is 4.79 Å². The summed E-state index contributed by atoms with van der Waals surface area (Å²) in [6.45, 7) is 5.62. The summed E-state index contributed by atoms with van der Waals surface area (Å²) in [6, 6.07) is 11.4. The van der Waals surface area contributed by atoms with Crippen LogP contribution >= 0.6 is 0 Å². The van der Waals surface area contributed by atoms with Gasteiger partial charge in [0.15, 0.2) is 11.6 Å². The maximum atomic E-state index is 13.3. The van der Waals surface area contributed by atoms with E-state index in [2.05, 4.69) is 25.4 Å². The molecule has 38 heavy (non-hydrogen) atoms. The monoisotopic (exact) mass is 524 g/mol. The number of nitrogens with one attached hydrogen (secondary N) is 1. The number of anilines is 1. The van der Waals surface area contributed by atoms with E-state index in [1.807, 2.05) is 32.0 Å². The summed E-state index contributed by atoms with van der Waals surface area (Å²) in [6.07, 6.45) is -2.80. The molecule has 0 amide bonds. The molecule has 0 aliphatic heterocycles. The van der Waals surface area contributed by atoms with Crippen LogP contribution < -0.4 is 10.1 Å². The Balaban J connectivity index is 1.61. The molecule has 0 bridgehead atoms. The number of hydrogen-bond donors (Lipinski definition) is 1. The average molecular weight is 525 g/mol. The molecule has 3 heterocycles. The number of carbonyl (C=O) groups is 1. The lowest BCUT2D eigenvalue weighted by Crippen LogP contribution is -2.13. The van der Waals surface area contributed by atoms with E-state index in [4.69, 9.17) is 4.74 Å². The normalized spacial score (nSPS) is 11.4. The van der Waals surface area contributed by atoms with Crippen LogP contribution in [0.25, 0.3) is 5.82 Å². The predicted octanol–water partition coefficient (Wildman–Crippen LogP) is 5.15. The van der Waals surface area contributed by atoms with Crippen molar-refractivity contribution < 1.29 is 22.7 Å². The van der Waals surface area contributed by atoms with Crippen LogP contribution in [0, 0.1) is 13.8 Å². The molecule has 0 fully saturated rings. The number of carbonyl (C=O) groups excluding carboxylic acids is 1. The topological polar surface area (TPSA) is 94.8 Å². The Kier molecular flexibility index (Phi) is 7.75. The van der Waals surface area contributed by atoms with Crippen molar-refractivity contribution in [1.82, 2.24) is 24.7 Å². The van der Waals surface area contributed by atoms with Crippen LogP contribution in [-0.2, 0) is 19.0 Å². The summed E-state index contributed by atoms with van der Waals surface area (Å²) in [5.41, 5.74) is 3.09. The molecular formula is C27H27F3N6O2. The van der Waals surface area contributed by atoms with Gasteiger partial charge in [0.2, 0.25) is 5.88 Å². The molecule has 1 N–H and O–H groups in total. The van der Waals surface area contributed by atoms with E-state index in [0.717, 1.165) is 28.6 Å². The highest BCUT2D eigenvalue weighted by molar-refractivity contribution is 5.97. The van der Waals surface area contributed by atoms with Gasteiger partial charge in [0, 0.05) is 37.6 Å². The van der Waals surface area contributed by atoms with Crippen molar-refractivity contribution in [1.29, 1.82) is 0 Å². The highest BCUT2D eigenvalue weighted by Crippen LogP contribution is 2.30. The number of aryl methyl sites for hydroxylation is 2. The van der Waals surface area contributed by atoms with Crippen LogP contribution in [0.1, 0.15) is 51.1 Å². The number of aromatic nitrogens is 5. The van der Waals surface area contributed by atoms with Crippen molar-refractivity contribution in [2.24, 2.45) is 0 Å². The molecule has 3 aromatic heterocycles. The molecule has 0 aliphatic rings. The van der Waals surface area contributed by atoms with Gasteiger partial charge < -0.3 is 10.1 Å². The number of pyridine rings is 1. The molecule has 4 rings (SSSR count). The van der Waals surface area contributed by atoms with Gasteiger partial charge in [0.25, 0.3) is 0 Å². The van der Waals surface area contributed by atoms with Crippen molar-refractivity contribution in [2.45, 2.75) is 39.8 Å². The Bertz CT molecular complexity index is 1470. The van der Waals surface area contributed by atoms with Crippen LogP contribution in [0.15, 0.2) is 48.8 Å². The number of ether oxygens (including phenoxy) is 1. The highest BCUT2D eigenvalue weighted by Gasteiger charge is 2.34. The van der Waals surface area contributed by atoms with Crippen molar-refractivity contribution >= 4 is 11.6 Å². The quantitative estimate of drug-likeness (QED) is 0.303. The maximum absolute atomic E-state index is 13.3. The van der Waals surface area contributed by atoms with E-state index in [1.54, 1.807) is 30.8 Å². The van der Waals surface area contributed by atoms with Crippen molar-refractivity contribution in [3.05, 3.63) is 88.1 Å². The number of nitrogens with zero attached hydrogens (tertiary/aromatic N) is 5. The summed E-state index contributed by atoms with van der Waals surface area (Å²) in [5, 5.41) is 7.56. The molecule has 0 saturated heterocycles. The lowest BCUT2D eigenvalue weighted by Gasteiger charge is -2.12.